The maximum Gasteiger partial charge on any atom is 0.119 e. The van der Waals surface area contributed by atoms with E-state index in [0.29, 0.717) is 13.2 Å². The van der Waals surface area contributed by atoms with Crippen molar-refractivity contribution in [2.24, 2.45) is 0 Å². The second kappa shape index (κ2) is 8.37. The van der Waals surface area contributed by atoms with Crippen LogP contribution in [0.4, 0.5) is 0 Å². The molecule has 2 rings (SSSR count). The summed E-state index contributed by atoms with van der Waals surface area (Å²) >= 11 is 0. The SMILES string of the molecule is CC(C)OCC(O)CN1CCC(Oc2ccccc2)CC1. The molecule has 0 radical (unpaired) electrons. The summed E-state index contributed by atoms with van der Waals surface area (Å²) in [4.78, 5) is 2.29. The van der Waals surface area contributed by atoms with Crippen molar-refractivity contribution >= 4 is 0 Å². The minimum Gasteiger partial charge on any atom is -0.490 e. The van der Waals surface area contributed by atoms with E-state index in [2.05, 4.69) is 4.90 Å². The number of rotatable bonds is 7. The van der Waals surface area contributed by atoms with Gasteiger partial charge in [-0.1, -0.05) is 18.2 Å². The van der Waals surface area contributed by atoms with E-state index in [9.17, 15) is 5.11 Å². The lowest BCUT2D eigenvalue weighted by molar-refractivity contribution is -0.0154. The molecule has 4 heteroatoms. The molecule has 1 saturated heterocycles. The zero-order valence-electron chi connectivity index (χ0n) is 13.1. The monoisotopic (exact) mass is 293 g/mol. The number of piperidine rings is 1. The maximum absolute atomic E-state index is 9.95. The summed E-state index contributed by atoms with van der Waals surface area (Å²) in [7, 11) is 0. The van der Waals surface area contributed by atoms with Crippen LogP contribution in [0.3, 0.4) is 0 Å². The average molecular weight is 293 g/mol. The van der Waals surface area contributed by atoms with E-state index in [1.807, 2.05) is 44.2 Å². The lowest BCUT2D eigenvalue weighted by Gasteiger charge is -2.33. The third-order valence-corrected chi connectivity index (χ3v) is 3.67. The molecule has 1 heterocycles. The molecule has 1 aromatic rings. The van der Waals surface area contributed by atoms with Crippen LogP contribution in [-0.2, 0) is 4.74 Å². The number of hydrogen-bond donors (Lipinski definition) is 1. The number of benzene rings is 1. The summed E-state index contributed by atoms with van der Waals surface area (Å²) in [6.45, 7) is 7.01. The van der Waals surface area contributed by atoms with Crippen molar-refractivity contribution in [3.63, 3.8) is 0 Å². The van der Waals surface area contributed by atoms with Crippen LogP contribution in [0.25, 0.3) is 0 Å². The van der Waals surface area contributed by atoms with Crippen LogP contribution >= 0.6 is 0 Å². The van der Waals surface area contributed by atoms with Crippen molar-refractivity contribution in [3.8, 4) is 5.75 Å². The second-order valence-electron chi connectivity index (χ2n) is 5.97. The van der Waals surface area contributed by atoms with Gasteiger partial charge >= 0.3 is 0 Å². The fourth-order valence-electron chi connectivity index (χ4n) is 2.56. The van der Waals surface area contributed by atoms with Crippen molar-refractivity contribution in [2.45, 2.75) is 45.0 Å². The first-order chi connectivity index (χ1) is 10.1. The number of aliphatic hydroxyl groups excluding tert-OH is 1. The van der Waals surface area contributed by atoms with Gasteiger partial charge in [-0.15, -0.1) is 0 Å². The van der Waals surface area contributed by atoms with Crippen LogP contribution in [0.1, 0.15) is 26.7 Å². The Morgan fingerprint density at radius 1 is 1.19 bits per heavy atom. The Kier molecular flexibility index (Phi) is 6.49. The number of hydrogen-bond acceptors (Lipinski definition) is 4. The maximum atomic E-state index is 9.95. The van der Waals surface area contributed by atoms with Crippen LogP contribution in [0, 0.1) is 0 Å². The molecule has 118 valence electrons. The van der Waals surface area contributed by atoms with Gasteiger partial charge in [0.1, 0.15) is 11.9 Å². The van der Waals surface area contributed by atoms with Crippen LogP contribution in [0.2, 0.25) is 0 Å². The highest BCUT2D eigenvalue weighted by atomic mass is 16.5. The summed E-state index contributed by atoms with van der Waals surface area (Å²) in [5, 5.41) is 9.95. The molecule has 1 N–H and O–H groups in total. The molecule has 1 aromatic carbocycles. The molecule has 1 aliphatic heterocycles. The van der Waals surface area contributed by atoms with Gasteiger partial charge in [-0.05, 0) is 38.8 Å². The van der Waals surface area contributed by atoms with Crippen LogP contribution in [0.15, 0.2) is 30.3 Å². The molecular weight excluding hydrogens is 266 g/mol. The van der Waals surface area contributed by atoms with Crippen molar-refractivity contribution in [1.29, 1.82) is 0 Å². The molecule has 1 unspecified atom stereocenters. The van der Waals surface area contributed by atoms with Gasteiger partial charge in [0.2, 0.25) is 0 Å². The summed E-state index contributed by atoms with van der Waals surface area (Å²) < 4.78 is 11.4. The van der Waals surface area contributed by atoms with E-state index < -0.39 is 6.10 Å². The van der Waals surface area contributed by atoms with Crippen molar-refractivity contribution < 1.29 is 14.6 Å². The predicted molar refractivity (Wildman–Crippen MR) is 83.6 cm³/mol. The fourth-order valence-corrected chi connectivity index (χ4v) is 2.56. The Morgan fingerprint density at radius 2 is 1.86 bits per heavy atom. The Balaban J connectivity index is 1.66. The summed E-state index contributed by atoms with van der Waals surface area (Å²) in [5.74, 6) is 0.946. The summed E-state index contributed by atoms with van der Waals surface area (Å²) in [6, 6.07) is 9.99. The minimum absolute atomic E-state index is 0.171. The first-order valence-electron chi connectivity index (χ1n) is 7.87. The van der Waals surface area contributed by atoms with E-state index in [-0.39, 0.29) is 12.2 Å². The minimum atomic E-state index is -0.404. The van der Waals surface area contributed by atoms with E-state index in [0.717, 1.165) is 31.7 Å². The molecular formula is C17H27NO3. The van der Waals surface area contributed by atoms with E-state index >= 15 is 0 Å². The molecule has 0 aliphatic carbocycles. The highest BCUT2D eigenvalue weighted by molar-refractivity contribution is 5.21. The van der Waals surface area contributed by atoms with Gasteiger partial charge in [-0.3, -0.25) is 0 Å². The number of aliphatic hydroxyl groups is 1. The topological polar surface area (TPSA) is 41.9 Å². The van der Waals surface area contributed by atoms with Crippen molar-refractivity contribution in [3.05, 3.63) is 30.3 Å². The fraction of sp³-hybridized carbons (Fsp3) is 0.647. The Bertz CT molecular complexity index is 388. The van der Waals surface area contributed by atoms with Gasteiger partial charge in [-0.2, -0.15) is 0 Å². The smallest absolute Gasteiger partial charge is 0.119 e. The highest BCUT2D eigenvalue weighted by Gasteiger charge is 2.22. The van der Waals surface area contributed by atoms with E-state index in [1.165, 1.54) is 0 Å². The number of ether oxygens (including phenoxy) is 2. The Hall–Kier alpha value is -1.10. The van der Waals surface area contributed by atoms with Gasteiger partial charge in [0.25, 0.3) is 0 Å². The predicted octanol–water partition coefficient (Wildman–Crippen LogP) is 2.32. The van der Waals surface area contributed by atoms with Gasteiger partial charge in [0, 0.05) is 19.6 Å². The lowest BCUT2D eigenvalue weighted by Crippen LogP contribution is -2.43. The van der Waals surface area contributed by atoms with Gasteiger partial charge in [0.15, 0.2) is 0 Å². The number of β-amino-alcohol motifs (C(OH)–C–C–N with tert-alkyl or cyclic N) is 1. The van der Waals surface area contributed by atoms with Crippen LogP contribution in [0.5, 0.6) is 5.75 Å². The van der Waals surface area contributed by atoms with E-state index in [1.54, 1.807) is 0 Å². The third kappa shape index (κ3) is 6.04. The molecule has 0 amide bonds. The molecule has 1 fully saturated rings. The third-order valence-electron chi connectivity index (χ3n) is 3.67. The summed E-state index contributed by atoms with van der Waals surface area (Å²) in [5.41, 5.74) is 0. The molecule has 0 spiro atoms. The summed E-state index contributed by atoms with van der Waals surface area (Å²) in [6.07, 6.45) is 2.07. The number of likely N-dealkylation sites (tertiary alicyclic amines) is 1. The molecule has 0 bridgehead atoms. The molecule has 21 heavy (non-hydrogen) atoms. The van der Waals surface area contributed by atoms with Gasteiger partial charge in [-0.25, -0.2) is 0 Å². The first-order valence-corrected chi connectivity index (χ1v) is 7.87. The number of nitrogens with zero attached hydrogens (tertiary/aromatic N) is 1. The molecule has 0 aromatic heterocycles. The lowest BCUT2D eigenvalue weighted by atomic mass is 10.1. The molecule has 0 saturated carbocycles. The zero-order valence-corrected chi connectivity index (χ0v) is 13.1. The van der Waals surface area contributed by atoms with Crippen LogP contribution < -0.4 is 4.74 Å². The van der Waals surface area contributed by atoms with Crippen LogP contribution in [-0.4, -0.2) is 54.6 Å². The molecule has 1 atom stereocenters. The Morgan fingerprint density at radius 3 is 2.48 bits per heavy atom. The Labute approximate surface area is 127 Å². The molecule has 4 nitrogen and oxygen atoms in total. The van der Waals surface area contributed by atoms with Gasteiger partial charge < -0.3 is 19.5 Å². The van der Waals surface area contributed by atoms with E-state index in [4.69, 9.17) is 9.47 Å². The standard InChI is InChI=1S/C17H27NO3/c1-14(2)20-13-15(19)12-18-10-8-17(9-11-18)21-16-6-4-3-5-7-16/h3-7,14-15,17,19H,8-13H2,1-2H3. The molecule has 1 aliphatic rings. The van der Waals surface area contributed by atoms with Crippen molar-refractivity contribution in [1.82, 2.24) is 4.90 Å². The highest BCUT2D eigenvalue weighted by Crippen LogP contribution is 2.18. The van der Waals surface area contributed by atoms with Crippen molar-refractivity contribution in [2.75, 3.05) is 26.2 Å². The number of para-hydroxylation sites is 1. The average Bonchev–Trinajstić information content (AvgIpc) is 2.48. The zero-order chi connectivity index (χ0) is 15.1. The van der Waals surface area contributed by atoms with Gasteiger partial charge in [0.05, 0.1) is 18.8 Å². The normalized spacial score (nSPS) is 18.9. The largest absolute Gasteiger partial charge is 0.490 e. The second-order valence-corrected chi connectivity index (χ2v) is 5.97. The first kappa shape index (κ1) is 16.3. The quantitative estimate of drug-likeness (QED) is 0.838.